The van der Waals surface area contributed by atoms with Crippen LogP contribution in [0.15, 0.2) is 22.8 Å². The highest BCUT2D eigenvalue weighted by molar-refractivity contribution is 5.87. The van der Waals surface area contributed by atoms with Crippen LogP contribution in [0.2, 0.25) is 0 Å². The highest BCUT2D eigenvalue weighted by Crippen LogP contribution is 2.29. The van der Waals surface area contributed by atoms with Crippen molar-refractivity contribution in [2.45, 2.75) is 6.92 Å². The molecule has 0 bridgehead atoms. The lowest BCUT2D eigenvalue weighted by Gasteiger charge is -1.97. The predicted molar refractivity (Wildman–Crippen MR) is 47.0 cm³/mol. The average Bonchev–Trinajstić information content (AvgIpc) is 2.35. The molecule has 0 atom stereocenters. The van der Waals surface area contributed by atoms with Gasteiger partial charge in [0.1, 0.15) is 11.8 Å². The van der Waals surface area contributed by atoms with E-state index in [1.807, 2.05) is 13.0 Å². The lowest BCUT2D eigenvalue weighted by molar-refractivity contribution is 0.464. The monoisotopic (exact) mass is 163 g/mol. The molecule has 0 aliphatic heterocycles. The third kappa shape index (κ3) is 0.830. The van der Waals surface area contributed by atoms with Crippen molar-refractivity contribution in [3.8, 4) is 5.75 Å². The van der Waals surface area contributed by atoms with Gasteiger partial charge in [-0.25, -0.2) is 0 Å². The third-order valence-corrected chi connectivity index (χ3v) is 1.94. The summed E-state index contributed by atoms with van der Waals surface area (Å²) >= 11 is 0. The Morgan fingerprint density at radius 3 is 2.92 bits per heavy atom. The summed E-state index contributed by atoms with van der Waals surface area (Å²) in [7, 11) is 0. The topological polar surface area (TPSA) is 59.4 Å². The maximum absolute atomic E-state index is 9.28. The van der Waals surface area contributed by atoms with Gasteiger partial charge >= 0.3 is 0 Å². The smallest absolute Gasteiger partial charge is 0.161 e. The molecule has 0 aliphatic carbocycles. The summed E-state index contributed by atoms with van der Waals surface area (Å²) in [5.74, 6) is 0.136. The van der Waals surface area contributed by atoms with E-state index in [1.165, 1.54) is 6.26 Å². The summed E-state index contributed by atoms with van der Waals surface area (Å²) in [6.07, 6.45) is 1.31. The molecule has 0 amide bonds. The van der Waals surface area contributed by atoms with Gasteiger partial charge in [-0.3, -0.25) is 0 Å². The Kier molecular flexibility index (Phi) is 1.27. The zero-order valence-corrected chi connectivity index (χ0v) is 6.66. The molecular weight excluding hydrogens is 154 g/mol. The fourth-order valence-electron chi connectivity index (χ4n) is 1.18. The number of aromatic hydroxyl groups is 1. The summed E-state index contributed by atoms with van der Waals surface area (Å²) in [6, 6.07) is 3.52. The van der Waals surface area contributed by atoms with E-state index in [2.05, 4.69) is 0 Å². The summed E-state index contributed by atoms with van der Waals surface area (Å²) in [6.45, 7) is 1.90. The van der Waals surface area contributed by atoms with Crippen LogP contribution in [0.5, 0.6) is 5.75 Å². The van der Waals surface area contributed by atoms with E-state index in [0.29, 0.717) is 16.7 Å². The van der Waals surface area contributed by atoms with E-state index < -0.39 is 0 Å². The molecule has 1 heterocycles. The number of hydrogen-bond acceptors (Lipinski definition) is 3. The summed E-state index contributed by atoms with van der Waals surface area (Å²) in [5.41, 5.74) is 7.95. The van der Waals surface area contributed by atoms with Gasteiger partial charge in [0.15, 0.2) is 5.75 Å². The maximum atomic E-state index is 9.28. The zero-order valence-electron chi connectivity index (χ0n) is 6.66. The fraction of sp³-hybridized carbons (Fsp3) is 0.111. The number of furan rings is 1. The molecule has 0 radical (unpaired) electrons. The Labute approximate surface area is 69.4 Å². The van der Waals surface area contributed by atoms with Crippen LogP contribution in [0.4, 0.5) is 5.69 Å². The molecule has 0 aliphatic rings. The number of benzene rings is 1. The highest BCUT2D eigenvalue weighted by atomic mass is 16.4. The van der Waals surface area contributed by atoms with Crippen molar-refractivity contribution in [3.05, 3.63) is 24.0 Å². The minimum absolute atomic E-state index is 0.136. The van der Waals surface area contributed by atoms with Gasteiger partial charge in [-0.1, -0.05) is 0 Å². The van der Waals surface area contributed by atoms with Crippen LogP contribution < -0.4 is 5.73 Å². The molecule has 3 nitrogen and oxygen atoms in total. The van der Waals surface area contributed by atoms with Crippen molar-refractivity contribution in [2.24, 2.45) is 0 Å². The molecule has 0 saturated carbocycles. The van der Waals surface area contributed by atoms with E-state index in [-0.39, 0.29) is 5.75 Å². The molecule has 3 heteroatoms. The van der Waals surface area contributed by atoms with Crippen LogP contribution >= 0.6 is 0 Å². The van der Waals surface area contributed by atoms with Crippen molar-refractivity contribution < 1.29 is 9.52 Å². The Morgan fingerprint density at radius 2 is 2.17 bits per heavy atom. The van der Waals surface area contributed by atoms with Crippen molar-refractivity contribution in [2.75, 3.05) is 5.73 Å². The van der Waals surface area contributed by atoms with E-state index in [0.717, 1.165) is 5.56 Å². The first-order chi connectivity index (χ1) is 5.68. The number of fused-ring (bicyclic) bond motifs is 1. The number of rotatable bonds is 0. The molecule has 2 aromatic rings. The maximum Gasteiger partial charge on any atom is 0.161 e. The summed E-state index contributed by atoms with van der Waals surface area (Å²) in [4.78, 5) is 0. The van der Waals surface area contributed by atoms with Crippen molar-refractivity contribution in [1.29, 1.82) is 0 Å². The van der Waals surface area contributed by atoms with Crippen LogP contribution in [0.3, 0.4) is 0 Å². The van der Waals surface area contributed by atoms with Gasteiger partial charge in [-0.15, -0.1) is 0 Å². The number of nitrogens with two attached hydrogens (primary N) is 1. The fourth-order valence-corrected chi connectivity index (χ4v) is 1.18. The van der Waals surface area contributed by atoms with Crippen LogP contribution in [0.25, 0.3) is 11.0 Å². The second-order valence-electron chi connectivity index (χ2n) is 2.83. The Balaban J connectivity index is 2.87. The second kappa shape index (κ2) is 2.17. The first kappa shape index (κ1) is 7.03. The number of hydrogen-bond donors (Lipinski definition) is 2. The van der Waals surface area contributed by atoms with Crippen molar-refractivity contribution in [1.82, 2.24) is 0 Å². The van der Waals surface area contributed by atoms with Crippen LogP contribution in [0, 0.1) is 6.92 Å². The lowest BCUT2D eigenvalue weighted by Crippen LogP contribution is -1.87. The molecular formula is C9H9NO2. The predicted octanol–water partition coefficient (Wildman–Crippen LogP) is 2.03. The summed E-state index contributed by atoms with van der Waals surface area (Å²) < 4.78 is 5.08. The molecule has 1 aromatic carbocycles. The first-order valence-corrected chi connectivity index (χ1v) is 3.65. The van der Waals surface area contributed by atoms with Gasteiger partial charge in [0.2, 0.25) is 0 Å². The second-order valence-corrected chi connectivity index (χ2v) is 2.83. The summed E-state index contributed by atoms with van der Waals surface area (Å²) in [5, 5.41) is 9.94. The quantitative estimate of drug-likeness (QED) is 0.584. The normalized spacial score (nSPS) is 10.8. The number of nitrogen functional groups attached to an aromatic ring is 1. The van der Waals surface area contributed by atoms with Gasteiger partial charge in [0, 0.05) is 5.69 Å². The SMILES string of the molecule is Cc1cc2occ(O)c2cc1N. The average molecular weight is 163 g/mol. The molecule has 2 rings (SSSR count). The Hall–Kier alpha value is -1.64. The van der Waals surface area contributed by atoms with Crippen LogP contribution in [-0.4, -0.2) is 5.11 Å². The van der Waals surface area contributed by atoms with Crippen LogP contribution in [0.1, 0.15) is 5.56 Å². The highest BCUT2D eigenvalue weighted by Gasteiger charge is 2.05. The molecule has 0 saturated heterocycles. The largest absolute Gasteiger partial charge is 0.504 e. The molecule has 12 heavy (non-hydrogen) atoms. The van der Waals surface area contributed by atoms with Gasteiger partial charge < -0.3 is 15.3 Å². The van der Waals surface area contributed by atoms with Gasteiger partial charge in [-0.05, 0) is 24.6 Å². The third-order valence-electron chi connectivity index (χ3n) is 1.94. The van der Waals surface area contributed by atoms with Gasteiger partial charge in [0.05, 0.1) is 5.39 Å². The zero-order chi connectivity index (χ0) is 8.72. The minimum atomic E-state index is 0.136. The van der Waals surface area contributed by atoms with E-state index in [1.54, 1.807) is 6.07 Å². The van der Waals surface area contributed by atoms with Gasteiger partial charge in [-0.2, -0.15) is 0 Å². The molecule has 0 unspecified atom stereocenters. The molecule has 3 N–H and O–H groups in total. The number of aryl methyl sites for hydroxylation is 1. The molecule has 0 spiro atoms. The minimum Gasteiger partial charge on any atom is -0.504 e. The Morgan fingerprint density at radius 1 is 1.42 bits per heavy atom. The molecule has 0 fully saturated rings. The van der Waals surface area contributed by atoms with E-state index in [9.17, 15) is 5.11 Å². The lowest BCUT2D eigenvalue weighted by atomic mass is 10.1. The van der Waals surface area contributed by atoms with Crippen LogP contribution in [-0.2, 0) is 0 Å². The molecule has 1 aromatic heterocycles. The first-order valence-electron chi connectivity index (χ1n) is 3.65. The standard InChI is InChI=1S/C9H9NO2/c1-5-2-9-6(3-7(5)10)8(11)4-12-9/h2-4,11H,10H2,1H3. The molecule has 62 valence electrons. The van der Waals surface area contributed by atoms with E-state index >= 15 is 0 Å². The Bertz CT molecular complexity index is 431. The number of anilines is 1. The van der Waals surface area contributed by atoms with Gasteiger partial charge in [0.25, 0.3) is 0 Å². The van der Waals surface area contributed by atoms with E-state index in [4.69, 9.17) is 10.2 Å². The van der Waals surface area contributed by atoms with Crippen molar-refractivity contribution >= 4 is 16.7 Å². The van der Waals surface area contributed by atoms with Crippen molar-refractivity contribution in [3.63, 3.8) is 0 Å².